The van der Waals surface area contributed by atoms with Crippen molar-refractivity contribution in [3.8, 4) is 0 Å². The molecule has 74 valence electrons. The Labute approximate surface area is 85.1 Å². The molecule has 1 aromatic rings. The molecule has 0 heterocycles. The highest BCUT2D eigenvalue weighted by Crippen LogP contribution is 2.36. The van der Waals surface area contributed by atoms with Crippen molar-refractivity contribution in [2.45, 2.75) is 33.6 Å². The highest BCUT2D eigenvalue weighted by atomic mass is 16.1. The Morgan fingerprint density at radius 1 is 1.21 bits per heavy atom. The largest absolute Gasteiger partial charge is 0.295 e. The molecule has 0 atom stereocenters. The second-order valence-corrected chi connectivity index (χ2v) is 5.06. The monoisotopic (exact) mass is 188 g/mol. The fraction of sp³-hybridized carbons (Fsp3) is 0.462. The number of fused-ring (bicyclic) bond motifs is 1. The molecule has 0 saturated heterocycles. The lowest BCUT2D eigenvalue weighted by Crippen LogP contribution is -2.09. The lowest BCUT2D eigenvalue weighted by Gasteiger charge is -2.14. The molecule has 0 bridgehead atoms. The van der Waals surface area contributed by atoms with E-state index < -0.39 is 0 Å². The van der Waals surface area contributed by atoms with Gasteiger partial charge in [0.25, 0.3) is 0 Å². The van der Waals surface area contributed by atoms with Gasteiger partial charge in [0.15, 0.2) is 5.78 Å². The SMILES string of the molecule is CC(=O)c1ccc2c(c1)CC(C)(C)C2. The summed E-state index contributed by atoms with van der Waals surface area (Å²) < 4.78 is 0. The lowest BCUT2D eigenvalue weighted by molar-refractivity contribution is 0.101. The minimum atomic E-state index is 0.164. The summed E-state index contributed by atoms with van der Waals surface area (Å²) in [5.74, 6) is 0.164. The zero-order valence-corrected chi connectivity index (χ0v) is 9.05. The second kappa shape index (κ2) is 2.94. The lowest BCUT2D eigenvalue weighted by atomic mass is 9.90. The maximum atomic E-state index is 11.2. The van der Waals surface area contributed by atoms with Gasteiger partial charge < -0.3 is 0 Å². The molecule has 0 amide bonds. The number of carbonyl (C=O) groups is 1. The molecule has 0 N–H and O–H groups in total. The van der Waals surface area contributed by atoms with E-state index in [1.165, 1.54) is 11.1 Å². The van der Waals surface area contributed by atoms with Gasteiger partial charge in [-0.2, -0.15) is 0 Å². The van der Waals surface area contributed by atoms with E-state index in [4.69, 9.17) is 0 Å². The molecule has 14 heavy (non-hydrogen) atoms. The molecule has 1 aliphatic rings. The molecule has 1 aliphatic carbocycles. The fourth-order valence-electron chi connectivity index (χ4n) is 2.28. The topological polar surface area (TPSA) is 17.1 Å². The van der Waals surface area contributed by atoms with Crippen molar-refractivity contribution in [3.05, 3.63) is 34.9 Å². The van der Waals surface area contributed by atoms with Crippen LogP contribution in [0.3, 0.4) is 0 Å². The number of rotatable bonds is 1. The quantitative estimate of drug-likeness (QED) is 0.619. The Bertz CT molecular complexity index is 388. The Kier molecular flexibility index (Phi) is 1.99. The van der Waals surface area contributed by atoms with E-state index in [1.54, 1.807) is 6.92 Å². The van der Waals surface area contributed by atoms with Crippen molar-refractivity contribution in [1.29, 1.82) is 0 Å². The van der Waals surface area contributed by atoms with Crippen molar-refractivity contribution < 1.29 is 4.79 Å². The van der Waals surface area contributed by atoms with E-state index in [-0.39, 0.29) is 5.78 Å². The first-order valence-electron chi connectivity index (χ1n) is 5.11. The summed E-state index contributed by atoms with van der Waals surface area (Å²) in [4.78, 5) is 11.2. The van der Waals surface area contributed by atoms with Gasteiger partial charge in [-0.3, -0.25) is 4.79 Å². The average Bonchev–Trinajstić information content (AvgIpc) is 2.36. The molecule has 1 heteroatoms. The third-order valence-electron chi connectivity index (χ3n) is 2.95. The first-order chi connectivity index (χ1) is 6.48. The van der Waals surface area contributed by atoms with Crippen LogP contribution >= 0.6 is 0 Å². The molecule has 0 spiro atoms. The van der Waals surface area contributed by atoms with Crippen LogP contribution in [-0.4, -0.2) is 5.78 Å². The van der Waals surface area contributed by atoms with Crippen molar-refractivity contribution in [1.82, 2.24) is 0 Å². The van der Waals surface area contributed by atoms with Crippen LogP contribution in [0.4, 0.5) is 0 Å². The van der Waals surface area contributed by atoms with E-state index in [2.05, 4.69) is 26.0 Å². The summed E-state index contributed by atoms with van der Waals surface area (Å²) in [6.45, 7) is 6.18. The van der Waals surface area contributed by atoms with Crippen molar-refractivity contribution >= 4 is 5.78 Å². The van der Waals surface area contributed by atoms with Crippen LogP contribution in [0.25, 0.3) is 0 Å². The number of benzene rings is 1. The standard InChI is InChI=1S/C13H16O/c1-9(14)10-4-5-11-7-13(2,3)8-12(11)6-10/h4-6H,7-8H2,1-3H3. The minimum Gasteiger partial charge on any atom is -0.295 e. The summed E-state index contributed by atoms with van der Waals surface area (Å²) in [6.07, 6.45) is 2.24. The van der Waals surface area contributed by atoms with E-state index >= 15 is 0 Å². The van der Waals surface area contributed by atoms with Crippen molar-refractivity contribution in [2.24, 2.45) is 5.41 Å². The van der Waals surface area contributed by atoms with Gasteiger partial charge in [-0.05, 0) is 42.4 Å². The predicted molar refractivity (Wildman–Crippen MR) is 57.6 cm³/mol. The van der Waals surface area contributed by atoms with Gasteiger partial charge in [0.2, 0.25) is 0 Å². The van der Waals surface area contributed by atoms with Crippen LogP contribution in [0.1, 0.15) is 42.3 Å². The summed E-state index contributed by atoms with van der Waals surface area (Å²) in [7, 11) is 0. The molecule has 0 fully saturated rings. The van der Waals surface area contributed by atoms with Gasteiger partial charge in [0, 0.05) is 5.56 Å². The van der Waals surface area contributed by atoms with Crippen LogP contribution in [-0.2, 0) is 12.8 Å². The maximum Gasteiger partial charge on any atom is 0.159 e. The summed E-state index contributed by atoms with van der Waals surface area (Å²) in [6, 6.07) is 6.12. The molecule has 2 rings (SSSR count). The number of hydrogen-bond donors (Lipinski definition) is 0. The molecule has 0 aromatic heterocycles. The highest BCUT2D eigenvalue weighted by molar-refractivity contribution is 5.94. The van der Waals surface area contributed by atoms with Gasteiger partial charge in [-0.25, -0.2) is 0 Å². The maximum absolute atomic E-state index is 11.2. The van der Waals surface area contributed by atoms with Crippen LogP contribution in [0.15, 0.2) is 18.2 Å². The Hall–Kier alpha value is -1.11. The average molecular weight is 188 g/mol. The minimum absolute atomic E-state index is 0.164. The number of Topliss-reactive ketones (excluding diaryl/α,β-unsaturated/α-hetero) is 1. The Morgan fingerprint density at radius 3 is 2.50 bits per heavy atom. The first-order valence-corrected chi connectivity index (χ1v) is 5.11. The van der Waals surface area contributed by atoms with Gasteiger partial charge in [0.05, 0.1) is 0 Å². The van der Waals surface area contributed by atoms with E-state index in [0.717, 1.165) is 18.4 Å². The van der Waals surface area contributed by atoms with E-state index in [1.807, 2.05) is 6.07 Å². The summed E-state index contributed by atoms with van der Waals surface area (Å²) in [5.41, 5.74) is 4.00. The molecule has 0 saturated carbocycles. The van der Waals surface area contributed by atoms with E-state index in [0.29, 0.717) is 5.41 Å². The zero-order chi connectivity index (χ0) is 10.3. The van der Waals surface area contributed by atoms with E-state index in [9.17, 15) is 4.79 Å². The molecule has 0 aliphatic heterocycles. The molecule has 0 unspecified atom stereocenters. The van der Waals surface area contributed by atoms with Gasteiger partial charge >= 0.3 is 0 Å². The summed E-state index contributed by atoms with van der Waals surface area (Å²) >= 11 is 0. The fourth-order valence-corrected chi connectivity index (χ4v) is 2.28. The van der Waals surface area contributed by atoms with Gasteiger partial charge in [-0.1, -0.05) is 26.0 Å². The number of hydrogen-bond acceptors (Lipinski definition) is 1. The highest BCUT2D eigenvalue weighted by Gasteiger charge is 2.28. The van der Waals surface area contributed by atoms with Crippen LogP contribution in [0, 0.1) is 5.41 Å². The van der Waals surface area contributed by atoms with Crippen LogP contribution in [0.2, 0.25) is 0 Å². The van der Waals surface area contributed by atoms with Crippen molar-refractivity contribution in [2.75, 3.05) is 0 Å². The van der Waals surface area contributed by atoms with Gasteiger partial charge in [0.1, 0.15) is 0 Å². The third kappa shape index (κ3) is 1.59. The predicted octanol–water partition coefficient (Wildman–Crippen LogP) is 3.01. The van der Waals surface area contributed by atoms with Crippen molar-refractivity contribution in [3.63, 3.8) is 0 Å². The normalized spacial score (nSPS) is 17.9. The number of carbonyl (C=O) groups excluding carboxylic acids is 1. The van der Waals surface area contributed by atoms with Crippen LogP contribution in [0.5, 0.6) is 0 Å². The molecular weight excluding hydrogens is 172 g/mol. The zero-order valence-electron chi connectivity index (χ0n) is 9.05. The molecule has 0 radical (unpaired) electrons. The molecule has 1 nitrogen and oxygen atoms in total. The molecule has 1 aromatic carbocycles. The third-order valence-corrected chi connectivity index (χ3v) is 2.95. The smallest absolute Gasteiger partial charge is 0.159 e. The Balaban J connectivity index is 2.40. The first kappa shape index (κ1) is 9.45. The summed E-state index contributed by atoms with van der Waals surface area (Å²) in [5, 5.41) is 0. The Morgan fingerprint density at radius 2 is 1.86 bits per heavy atom. The second-order valence-electron chi connectivity index (χ2n) is 5.06. The molecular formula is C13H16O. The van der Waals surface area contributed by atoms with Gasteiger partial charge in [-0.15, -0.1) is 0 Å². The number of ketones is 1. The van der Waals surface area contributed by atoms with Crippen LogP contribution < -0.4 is 0 Å².